The van der Waals surface area contributed by atoms with Gasteiger partial charge in [0.2, 0.25) is 5.91 Å². The van der Waals surface area contributed by atoms with Gasteiger partial charge in [-0.15, -0.1) is 0 Å². The third kappa shape index (κ3) is 6.15. The van der Waals surface area contributed by atoms with E-state index in [9.17, 15) is 18.4 Å². The Morgan fingerprint density at radius 2 is 1.47 bits per heavy atom. The highest BCUT2D eigenvalue weighted by atomic mass is 35.5. The van der Waals surface area contributed by atoms with Gasteiger partial charge in [-0.1, -0.05) is 49.1 Å². The predicted molar refractivity (Wildman–Crippen MR) is 165 cm³/mol. The lowest BCUT2D eigenvalue weighted by atomic mass is 9.83. The first-order valence-electron chi connectivity index (χ1n) is 14.3. The molecule has 6 rings (SSSR count). The summed E-state index contributed by atoms with van der Waals surface area (Å²) >= 11 is 6.14. The second kappa shape index (κ2) is 12.4. The maximum absolute atomic E-state index is 14.6. The van der Waals surface area contributed by atoms with Crippen molar-refractivity contribution in [3.63, 3.8) is 0 Å². The highest BCUT2D eigenvalue weighted by Crippen LogP contribution is 2.39. The van der Waals surface area contributed by atoms with Crippen LogP contribution in [-0.2, 0) is 4.79 Å². The number of para-hydroxylation sites is 1. The molecule has 1 heterocycles. The maximum Gasteiger partial charge on any atom is 0.255 e. The highest BCUT2D eigenvalue weighted by Gasteiger charge is 2.35. The van der Waals surface area contributed by atoms with Gasteiger partial charge in [-0.3, -0.25) is 9.59 Å². The van der Waals surface area contributed by atoms with E-state index in [4.69, 9.17) is 11.6 Å². The molecular weight excluding hydrogens is 570 g/mol. The van der Waals surface area contributed by atoms with Crippen molar-refractivity contribution < 1.29 is 18.4 Å². The first-order valence-corrected chi connectivity index (χ1v) is 14.7. The molecule has 1 aliphatic rings. The second-order valence-electron chi connectivity index (χ2n) is 10.8. The quantitative estimate of drug-likeness (QED) is 0.197. The topological polar surface area (TPSA) is 76.0 Å². The van der Waals surface area contributed by atoms with Crippen LogP contribution in [0.1, 0.15) is 48.5 Å². The van der Waals surface area contributed by atoms with E-state index in [0.29, 0.717) is 38.9 Å². The lowest BCUT2D eigenvalue weighted by Crippen LogP contribution is -2.33. The number of nitrogens with zero attached hydrogens (tertiary/aromatic N) is 2. The SMILES string of the molecule is O=C(Nc1ccccc1)c1ccc(NC(=O)[C@H](C2CCCCC2)n2c(-c3ccc(Cl)cc3)nc3cc(F)c(F)cc32)cc1. The molecule has 2 N–H and O–H groups in total. The molecular formula is C34H29ClF2N4O2. The Kier molecular flexibility index (Phi) is 8.20. The zero-order valence-electron chi connectivity index (χ0n) is 23.2. The minimum atomic E-state index is -1.01. The molecule has 1 fully saturated rings. The number of fused-ring (bicyclic) bond motifs is 1. The number of hydrogen-bond acceptors (Lipinski definition) is 3. The molecule has 2 amide bonds. The van der Waals surface area contributed by atoms with Crippen molar-refractivity contribution in [2.75, 3.05) is 10.6 Å². The van der Waals surface area contributed by atoms with Crippen LogP contribution in [0.3, 0.4) is 0 Å². The lowest BCUT2D eigenvalue weighted by molar-refractivity contribution is -0.121. The van der Waals surface area contributed by atoms with Crippen molar-refractivity contribution in [2.24, 2.45) is 5.92 Å². The first-order chi connectivity index (χ1) is 20.9. The van der Waals surface area contributed by atoms with Gasteiger partial charge >= 0.3 is 0 Å². The number of carbonyl (C=O) groups excluding carboxylic acids is 2. The minimum Gasteiger partial charge on any atom is -0.324 e. The zero-order chi connectivity index (χ0) is 29.9. The van der Waals surface area contributed by atoms with Gasteiger partial charge in [-0.2, -0.15) is 0 Å². The monoisotopic (exact) mass is 598 g/mol. The Balaban J connectivity index is 1.36. The summed E-state index contributed by atoms with van der Waals surface area (Å²) in [6, 6.07) is 24.2. The van der Waals surface area contributed by atoms with Gasteiger partial charge in [0.1, 0.15) is 11.9 Å². The van der Waals surface area contributed by atoms with E-state index in [0.717, 1.165) is 44.2 Å². The molecule has 4 aromatic carbocycles. The number of carbonyl (C=O) groups is 2. The number of anilines is 2. The number of halogens is 3. The van der Waals surface area contributed by atoms with Crippen molar-refractivity contribution in [1.82, 2.24) is 9.55 Å². The summed E-state index contributed by atoms with van der Waals surface area (Å²) < 4.78 is 30.7. The molecule has 43 heavy (non-hydrogen) atoms. The van der Waals surface area contributed by atoms with Gasteiger partial charge in [-0.25, -0.2) is 13.8 Å². The highest BCUT2D eigenvalue weighted by molar-refractivity contribution is 6.30. The Morgan fingerprint density at radius 3 is 2.16 bits per heavy atom. The Hall–Kier alpha value is -4.56. The van der Waals surface area contributed by atoms with Gasteiger partial charge in [0, 0.05) is 39.7 Å². The number of aromatic nitrogens is 2. The van der Waals surface area contributed by atoms with E-state index in [2.05, 4.69) is 15.6 Å². The average molecular weight is 599 g/mol. The first kappa shape index (κ1) is 28.6. The van der Waals surface area contributed by atoms with Gasteiger partial charge in [0.15, 0.2) is 11.6 Å². The standard InChI is InChI=1S/C34H29ClF2N4O2/c35-24-15-11-22(12-16-24)32-40-29-19-27(36)28(37)20-30(29)41(32)31(21-7-3-1-4-8-21)34(43)39-26-17-13-23(14-18-26)33(42)38-25-9-5-2-6-10-25/h2,5-6,9-21,31H,1,3-4,7-8H2,(H,38,42)(H,39,43)/t31-/m0/s1. The Morgan fingerprint density at radius 1 is 0.814 bits per heavy atom. The minimum absolute atomic E-state index is 0.0544. The average Bonchev–Trinajstić information content (AvgIpc) is 3.36. The molecule has 1 saturated carbocycles. The van der Waals surface area contributed by atoms with Crippen LogP contribution in [0.5, 0.6) is 0 Å². The molecule has 0 saturated heterocycles. The maximum atomic E-state index is 14.6. The zero-order valence-corrected chi connectivity index (χ0v) is 24.0. The summed E-state index contributed by atoms with van der Waals surface area (Å²) in [7, 11) is 0. The fourth-order valence-corrected chi connectivity index (χ4v) is 5.94. The van der Waals surface area contributed by atoms with E-state index >= 15 is 0 Å². The molecule has 218 valence electrons. The molecule has 0 spiro atoms. The summed E-state index contributed by atoms with van der Waals surface area (Å²) in [6.07, 6.45) is 4.61. The number of benzene rings is 4. The Bertz CT molecular complexity index is 1770. The molecule has 6 nitrogen and oxygen atoms in total. The molecule has 0 unspecified atom stereocenters. The second-order valence-corrected chi connectivity index (χ2v) is 11.2. The summed E-state index contributed by atoms with van der Waals surface area (Å²) in [5.74, 6) is -2.21. The van der Waals surface area contributed by atoms with Crippen molar-refractivity contribution in [2.45, 2.75) is 38.1 Å². The van der Waals surface area contributed by atoms with E-state index in [-0.39, 0.29) is 23.2 Å². The van der Waals surface area contributed by atoms with Crippen LogP contribution < -0.4 is 10.6 Å². The van der Waals surface area contributed by atoms with E-state index in [1.54, 1.807) is 65.2 Å². The number of imidazole rings is 1. The molecule has 1 atom stereocenters. The summed E-state index contributed by atoms with van der Waals surface area (Å²) in [5, 5.41) is 6.39. The van der Waals surface area contributed by atoms with Crippen LogP contribution >= 0.6 is 11.6 Å². The third-order valence-corrected chi connectivity index (χ3v) is 8.18. The van der Waals surface area contributed by atoms with E-state index < -0.39 is 17.7 Å². The van der Waals surface area contributed by atoms with Gasteiger partial charge in [0.25, 0.3) is 5.91 Å². The molecule has 0 bridgehead atoms. The molecule has 5 aromatic rings. The number of rotatable bonds is 7. The molecule has 0 radical (unpaired) electrons. The number of nitrogens with one attached hydrogen (secondary N) is 2. The summed E-state index contributed by atoms with van der Waals surface area (Å²) in [6.45, 7) is 0. The van der Waals surface area contributed by atoms with Crippen molar-refractivity contribution in [3.8, 4) is 11.4 Å². The van der Waals surface area contributed by atoms with Crippen LogP contribution in [0.2, 0.25) is 5.02 Å². The molecule has 0 aliphatic heterocycles. The smallest absolute Gasteiger partial charge is 0.255 e. The number of hydrogen-bond donors (Lipinski definition) is 2. The van der Waals surface area contributed by atoms with Crippen LogP contribution in [0, 0.1) is 17.6 Å². The van der Waals surface area contributed by atoms with Crippen molar-refractivity contribution in [1.29, 1.82) is 0 Å². The summed E-state index contributed by atoms with van der Waals surface area (Å²) in [5.41, 5.74) is 2.89. The molecule has 1 aromatic heterocycles. The van der Waals surface area contributed by atoms with Gasteiger partial charge < -0.3 is 15.2 Å². The third-order valence-electron chi connectivity index (χ3n) is 7.92. The van der Waals surface area contributed by atoms with Crippen LogP contribution in [-0.4, -0.2) is 21.4 Å². The fraction of sp³-hybridized carbons (Fsp3) is 0.206. The van der Waals surface area contributed by atoms with E-state index in [1.165, 1.54) is 0 Å². The normalized spacial score (nSPS) is 14.4. The summed E-state index contributed by atoms with van der Waals surface area (Å²) in [4.78, 5) is 31.6. The van der Waals surface area contributed by atoms with Gasteiger partial charge in [0.05, 0.1) is 11.0 Å². The van der Waals surface area contributed by atoms with Crippen molar-refractivity contribution in [3.05, 3.63) is 113 Å². The van der Waals surface area contributed by atoms with E-state index in [1.807, 2.05) is 18.2 Å². The van der Waals surface area contributed by atoms with Crippen LogP contribution in [0.15, 0.2) is 91.0 Å². The number of amides is 2. The predicted octanol–water partition coefficient (Wildman–Crippen LogP) is 8.65. The van der Waals surface area contributed by atoms with Crippen LogP contribution in [0.4, 0.5) is 20.2 Å². The van der Waals surface area contributed by atoms with Crippen molar-refractivity contribution >= 4 is 45.8 Å². The van der Waals surface area contributed by atoms with Gasteiger partial charge in [-0.05, 0) is 79.4 Å². The molecule has 1 aliphatic carbocycles. The largest absolute Gasteiger partial charge is 0.324 e. The fourth-order valence-electron chi connectivity index (χ4n) is 5.81. The molecule has 9 heteroatoms. The lowest BCUT2D eigenvalue weighted by Gasteiger charge is -2.32. The Labute approximate surface area is 252 Å². The van der Waals surface area contributed by atoms with Crippen LogP contribution in [0.25, 0.3) is 22.4 Å².